The fraction of sp³-hybridized carbons (Fsp3) is 0.550. The number of imide groups is 1. The van der Waals surface area contributed by atoms with E-state index in [9.17, 15) is 19.5 Å². The number of hydrogen-bond acceptors (Lipinski definition) is 6. The van der Waals surface area contributed by atoms with E-state index in [1.54, 1.807) is 4.90 Å². The number of hydrogen-bond donors (Lipinski definition) is 3. The van der Waals surface area contributed by atoms with Crippen molar-refractivity contribution in [3.63, 3.8) is 0 Å². The van der Waals surface area contributed by atoms with Gasteiger partial charge in [-0.1, -0.05) is 12.1 Å². The van der Waals surface area contributed by atoms with Crippen LogP contribution in [0.5, 0.6) is 0 Å². The summed E-state index contributed by atoms with van der Waals surface area (Å²) in [5, 5.41) is 12.6. The fourth-order valence-corrected chi connectivity index (χ4v) is 4.32. The molecule has 0 radical (unpaired) electrons. The van der Waals surface area contributed by atoms with Crippen LogP contribution in [0.2, 0.25) is 0 Å². The number of piperidine rings is 2. The first kappa shape index (κ1) is 19.0. The molecule has 0 aliphatic carbocycles. The lowest BCUT2D eigenvalue weighted by molar-refractivity contribution is -0.136. The lowest BCUT2D eigenvalue weighted by Gasteiger charge is -2.37. The summed E-state index contributed by atoms with van der Waals surface area (Å²) in [4.78, 5) is 40.1. The Morgan fingerprint density at radius 1 is 1.21 bits per heavy atom. The maximum Gasteiger partial charge on any atom is 0.255 e. The summed E-state index contributed by atoms with van der Waals surface area (Å²) in [7, 11) is 0. The number of likely N-dealkylation sites (tertiary alicyclic amines) is 1. The van der Waals surface area contributed by atoms with Gasteiger partial charge < -0.3 is 15.7 Å². The Kier molecular flexibility index (Phi) is 4.95. The van der Waals surface area contributed by atoms with Gasteiger partial charge in [0, 0.05) is 44.7 Å². The van der Waals surface area contributed by atoms with Crippen molar-refractivity contribution in [3.8, 4) is 0 Å². The number of carbonyl (C=O) groups excluding carboxylic acids is 3. The molecule has 3 aliphatic rings. The zero-order chi connectivity index (χ0) is 19.9. The van der Waals surface area contributed by atoms with Gasteiger partial charge >= 0.3 is 0 Å². The molecule has 1 aromatic rings. The van der Waals surface area contributed by atoms with Gasteiger partial charge in [0.25, 0.3) is 5.91 Å². The highest BCUT2D eigenvalue weighted by molar-refractivity contribution is 6.05. The van der Waals surface area contributed by atoms with Crippen LogP contribution in [0, 0.1) is 0 Å². The lowest BCUT2D eigenvalue weighted by Crippen LogP contribution is -2.52. The van der Waals surface area contributed by atoms with E-state index >= 15 is 0 Å². The van der Waals surface area contributed by atoms with E-state index in [1.165, 1.54) is 0 Å². The van der Waals surface area contributed by atoms with Gasteiger partial charge in [0.1, 0.15) is 6.04 Å². The average molecular weight is 386 g/mol. The summed E-state index contributed by atoms with van der Waals surface area (Å²) in [6.45, 7) is 3.00. The van der Waals surface area contributed by atoms with Gasteiger partial charge in [-0.15, -0.1) is 0 Å². The molecular weight excluding hydrogens is 360 g/mol. The molecule has 1 aromatic carbocycles. The number of nitrogens with zero attached hydrogens (tertiary/aromatic N) is 2. The molecule has 0 aromatic heterocycles. The molecule has 0 spiro atoms. The van der Waals surface area contributed by atoms with Crippen LogP contribution in [0.15, 0.2) is 18.2 Å². The summed E-state index contributed by atoms with van der Waals surface area (Å²) in [6, 6.07) is 5.23. The molecule has 28 heavy (non-hydrogen) atoms. The number of carbonyl (C=O) groups is 3. The van der Waals surface area contributed by atoms with Gasteiger partial charge in [-0.25, -0.2) is 0 Å². The number of fused-ring (bicyclic) bond motifs is 1. The Morgan fingerprint density at radius 2 is 1.96 bits per heavy atom. The monoisotopic (exact) mass is 386 g/mol. The zero-order valence-corrected chi connectivity index (χ0v) is 15.8. The molecule has 0 bridgehead atoms. The van der Waals surface area contributed by atoms with Crippen molar-refractivity contribution >= 4 is 17.7 Å². The number of nitrogens with two attached hydrogens (primary N) is 1. The Balaban J connectivity index is 1.43. The van der Waals surface area contributed by atoms with E-state index in [4.69, 9.17) is 5.73 Å². The Morgan fingerprint density at radius 3 is 2.64 bits per heavy atom. The Hall–Kier alpha value is -2.29. The van der Waals surface area contributed by atoms with Gasteiger partial charge in [0.2, 0.25) is 11.8 Å². The number of rotatable bonds is 4. The van der Waals surface area contributed by atoms with Crippen LogP contribution in [0.4, 0.5) is 0 Å². The molecule has 2 fully saturated rings. The average Bonchev–Trinajstić information content (AvgIpc) is 3.00. The quantitative estimate of drug-likeness (QED) is 0.614. The predicted molar refractivity (Wildman–Crippen MR) is 101 cm³/mol. The topological polar surface area (TPSA) is 116 Å². The highest BCUT2D eigenvalue weighted by Gasteiger charge is 2.39. The first-order valence-corrected chi connectivity index (χ1v) is 9.80. The van der Waals surface area contributed by atoms with Crippen LogP contribution in [0.3, 0.4) is 0 Å². The summed E-state index contributed by atoms with van der Waals surface area (Å²) < 4.78 is 0. The first-order chi connectivity index (χ1) is 13.4. The SMILES string of the molecule is NCC1(O)CCN(Cc2ccc3c(c2)CN(C2CCC(=O)NC2=O)C3=O)CC1. The van der Waals surface area contributed by atoms with Crippen molar-refractivity contribution in [2.24, 2.45) is 5.73 Å². The van der Waals surface area contributed by atoms with Crippen molar-refractivity contribution in [3.05, 3.63) is 34.9 Å². The Bertz CT molecular complexity index is 816. The van der Waals surface area contributed by atoms with E-state index in [-0.39, 0.29) is 24.8 Å². The second-order valence-corrected chi connectivity index (χ2v) is 8.10. The van der Waals surface area contributed by atoms with Gasteiger partial charge in [-0.2, -0.15) is 0 Å². The molecule has 1 atom stereocenters. The van der Waals surface area contributed by atoms with Crippen LogP contribution < -0.4 is 11.1 Å². The van der Waals surface area contributed by atoms with Crippen LogP contribution >= 0.6 is 0 Å². The van der Waals surface area contributed by atoms with E-state index in [2.05, 4.69) is 10.2 Å². The van der Waals surface area contributed by atoms with Gasteiger partial charge in [0.05, 0.1) is 5.60 Å². The molecule has 150 valence electrons. The standard InChI is InChI=1S/C20H26N4O4/c21-12-20(28)5-7-23(8-6-20)10-13-1-2-15-14(9-13)11-24(19(15)27)16-3-4-17(25)22-18(16)26/h1-2,9,16,28H,3-8,10-12,21H2,(H,22,25,26). The number of benzene rings is 1. The molecule has 2 saturated heterocycles. The van der Waals surface area contributed by atoms with E-state index in [1.807, 2.05) is 18.2 Å². The molecule has 4 rings (SSSR count). The van der Waals surface area contributed by atoms with E-state index < -0.39 is 17.6 Å². The maximum atomic E-state index is 12.7. The van der Waals surface area contributed by atoms with Crippen molar-refractivity contribution in [1.82, 2.24) is 15.1 Å². The highest BCUT2D eigenvalue weighted by atomic mass is 16.3. The van der Waals surface area contributed by atoms with E-state index in [0.29, 0.717) is 31.4 Å². The minimum Gasteiger partial charge on any atom is -0.388 e. The highest BCUT2D eigenvalue weighted by Crippen LogP contribution is 2.29. The first-order valence-electron chi connectivity index (χ1n) is 9.80. The molecular formula is C20H26N4O4. The molecule has 3 aliphatic heterocycles. The normalized spacial score (nSPS) is 25.0. The van der Waals surface area contributed by atoms with Gasteiger partial charge in [0.15, 0.2) is 0 Å². The zero-order valence-electron chi connectivity index (χ0n) is 15.8. The summed E-state index contributed by atoms with van der Waals surface area (Å²) >= 11 is 0. The number of amides is 3. The van der Waals surface area contributed by atoms with Crippen molar-refractivity contribution < 1.29 is 19.5 Å². The van der Waals surface area contributed by atoms with Gasteiger partial charge in [-0.3, -0.25) is 24.6 Å². The van der Waals surface area contributed by atoms with Crippen LogP contribution in [0.25, 0.3) is 0 Å². The third-order valence-electron chi connectivity index (χ3n) is 6.16. The number of aliphatic hydroxyl groups is 1. The van der Waals surface area contributed by atoms with Crippen molar-refractivity contribution in [2.45, 2.75) is 50.4 Å². The molecule has 0 saturated carbocycles. The van der Waals surface area contributed by atoms with Crippen LogP contribution in [-0.2, 0) is 22.7 Å². The third-order valence-corrected chi connectivity index (χ3v) is 6.16. The largest absolute Gasteiger partial charge is 0.388 e. The van der Waals surface area contributed by atoms with Crippen molar-refractivity contribution in [2.75, 3.05) is 19.6 Å². The Labute approximate surface area is 163 Å². The van der Waals surface area contributed by atoms with Gasteiger partial charge in [-0.05, 0) is 36.5 Å². The molecule has 4 N–H and O–H groups in total. The lowest BCUT2D eigenvalue weighted by atomic mass is 9.91. The molecule has 3 amide bonds. The van der Waals surface area contributed by atoms with E-state index in [0.717, 1.165) is 30.8 Å². The molecule has 3 heterocycles. The van der Waals surface area contributed by atoms with Crippen LogP contribution in [-0.4, -0.2) is 63.9 Å². The second kappa shape index (κ2) is 7.27. The second-order valence-electron chi connectivity index (χ2n) is 8.10. The predicted octanol–water partition coefficient (Wildman–Crippen LogP) is -0.267. The smallest absolute Gasteiger partial charge is 0.255 e. The molecule has 8 heteroatoms. The third kappa shape index (κ3) is 3.55. The molecule has 8 nitrogen and oxygen atoms in total. The fourth-order valence-electron chi connectivity index (χ4n) is 4.32. The summed E-state index contributed by atoms with van der Waals surface area (Å²) in [6.07, 6.45) is 1.95. The van der Waals surface area contributed by atoms with Crippen LogP contribution in [0.1, 0.15) is 47.2 Å². The molecule has 1 unspecified atom stereocenters. The summed E-state index contributed by atoms with van der Waals surface area (Å²) in [5.74, 6) is -0.823. The minimum absolute atomic E-state index is 0.151. The maximum absolute atomic E-state index is 12.7. The van der Waals surface area contributed by atoms with Crippen molar-refractivity contribution in [1.29, 1.82) is 0 Å². The minimum atomic E-state index is -0.747. The number of nitrogens with one attached hydrogen (secondary N) is 1. The summed E-state index contributed by atoms with van der Waals surface area (Å²) in [5.41, 5.74) is 7.56.